The summed E-state index contributed by atoms with van der Waals surface area (Å²) in [6.07, 6.45) is 1.44. The van der Waals surface area contributed by atoms with Gasteiger partial charge in [-0.3, -0.25) is 0 Å². The highest BCUT2D eigenvalue weighted by molar-refractivity contribution is 5.55. The molecule has 0 fully saturated rings. The first-order chi connectivity index (χ1) is 8.85. The van der Waals surface area contributed by atoms with Crippen molar-refractivity contribution in [2.75, 3.05) is 19.0 Å². The van der Waals surface area contributed by atoms with Crippen LogP contribution in [0.25, 0.3) is 0 Å². The lowest BCUT2D eigenvalue weighted by Gasteiger charge is -2.12. The topological polar surface area (TPSA) is 56.3 Å². The van der Waals surface area contributed by atoms with Crippen LogP contribution in [0, 0.1) is 0 Å². The van der Waals surface area contributed by atoms with Crippen molar-refractivity contribution in [1.29, 1.82) is 0 Å². The molecule has 2 aromatic rings. The first-order valence-electron chi connectivity index (χ1n) is 5.71. The highest BCUT2D eigenvalue weighted by Gasteiger charge is 2.13. The minimum absolute atomic E-state index is 0.398. The Morgan fingerprint density at radius 2 is 1.94 bits per heavy atom. The number of hydrogen-bond donors (Lipinski definition) is 1. The fourth-order valence-electron chi connectivity index (χ4n) is 1.51. The molecule has 1 aromatic heterocycles. The molecule has 5 heteroatoms. The highest BCUT2D eigenvalue weighted by atomic mass is 16.5. The maximum atomic E-state index is 5.67. The van der Waals surface area contributed by atoms with E-state index in [1.54, 1.807) is 7.11 Å². The maximum absolute atomic E-state index is 5.67. The van der Waals surface area contributed by atoms with Gasteiger partial charge in [0.15, 0.2) is 5.82 Å². The van der Waals surface area contributed by atoms with E-state index in [1.165, 1.54) is 6.33 Å². The van der Waals surface area contributed by atoms with Gasteiger partial charge in [0.2, 0.25) is 5.75 Å². The van der Waals surface area contributed by atoms with Crippen molar-refractivity contribution in [2.45, 2.75) is 6.92 Å². The summed E-state index contributed by atoms with van der Waals surface area (Å²) in [6.45, 7) is 2.73. The number of aromatic nitrogens is 2. The van der Waals surface area contributed by atoms with Crippen molar-refractivity contribution in [3.63, 3.8) is 0 Å². The molecular formula is C13H15N3O2. The molecule has 1 N–H and O–H groups in total. The van der Waals surface area contributed by atoms with Gasteiger partial charge in [-0.25, -0.2) is 4.98 Å². The van der Waals surface area contributed by atoms with Gasteiger partial charge in [0.25, 0.3) is 5.88 Å². The number of nitrogens with zero attached hydrogens (tertiary/aromatic N) is 2. The summed E-state index contributed by atoms with van der Waals surface area (Å²) in [5, 5.41) is 3.10. The zero-order valence-electron chi connectivity index (χ0n) is 10.4. The molecule has 0 aliphatic carbocycles. The van der Waals surface area contributed by atoms with Gasteiger partial charge >= 0.3 is 0 Å². The van der Waals surface area contributed by atoms with Crippen LogP contribution in [-0.4, -0.2) is 23.6 Å². The van der Waals surface area contributed by atoms with Crippen molar-refractivity contribution in [3.05, 3.63) is 36.7 Å². The minimum Gasteiger partial charge on any atom is -0.489 e. The Hall–Kier alpha value is -2.30. The first-order valence-corrected chi connectivity index (χ1v) is 5.71. The zero-order chi connectivity index (χ0) is 12.8. The van der Waals surface area contributed by atoms with Crippen LogP contribution in [0.5, 0.6) is 17.4 Å². The second-order valence-corrected chi connectivity index (χ2v) is 3.51. The minimum atomic E-state index is 0.398. The molecule has 94 valence electrons. The van der Waals surface area contributed by atoms with Gasteiger partial charge in [-0.15, -0.1) is 0 Å². The van der Waals surface area contributed by atoms with Crippen molar-refractivity contribution in [2.24, 2.45) is 0 Å². The van der Waals surface area contributed by atoms with Gasteiger partial charge in [0.05, 0.1) is 7.11 Å². The standard InChI is InChI=1S/C13H15N3O2/c1-3-14-12-11(17-2)13(16-9-15-12)18-10-7-5-4-6-8-10/h4-9H,3H2,1-2H3,(H,14,15,16). The van der Waals surface area contributed by atoms with Crippen molar-refractivity contribution >= 4 is 5.82 Å². The molecule has 0 spiro atoms. The number of hydrogen-bond acceptors (Lipinski definition) is 5. The van der Waals surface area contributed by atoms with E-state index in [2.05, 4.69) is 15.3 Å². The van der Waals surface area contributed by atoms with Crippen LogP contribution in [0.1, 0.15) is 6.92 Å². The quantitative estimate of drug-likeness (QED) is 0.877. The van der Waals surface area contributed by atoms with E-state index in [1.807, 2.05) is 37.3 Å². The first kappa shape index (κ1) is 12.2. The third-order valence-electron chi connectivity index (χ3n) is 2.28. The predicted octanol–water partition coefficient (Wildman–Crippen LogP) is 2.71. The molecule has 18 heavy (non-hydrogen) atoms. The van der Waals surface area contributed by atoms with Crippen LogP contribution in [-0.2, 0) is 0 Å². The van der Waals surface area contributed by atoms with E-state index < -0.39 is 0 Å². The Bertz CT molecular complexity index is 503. The molecule has 0 bridgehead atoms. The fourth-order valence-corrected chi connectivity index (χ4v) is 1.51. The number of para-hydroxylation sites is 1. The van der Waals surface area contributed by atoms with Crippen molar-refractivity contribution in [3.8, 4) is 17.4 Å². The normalized spacial score (nSPS) is 9.89. The number of ether oxygens (including phenoxy) is 2. The molecule has 5 nitrogen and oxygen atoms in total. The van der Waals surface area contributed by atoms with E-state index in [0.717, 1.165) is 6.54 Å². The fraction of sp³-hybridized carbons (Fsp3) is 0.231. The van der Waals surface area contributed by atoms with Crippen molar-refractivity contribution in [1.82, 2.24) is 9.97 Å². The number of benzene rings is 1. The number of nitrogens with one attached hydrogen (secondary N) is 1. The smallest absolute Gasteiger partial charge is 0.268 e. The van der Waals surface area contributed by atoms with Crippen LogP contribution in [0.2, 0.25) is 0 Å². The summed E-state index contributed by atoms with van der Waals surface area (Å²) in [7, 11) is 1.57. The summed E-state index contributed by atoms with van der Waals surface area (Å²) < 4.78 is 11.0. The Morgan fingerprint density at radius 3 is 2.61 bits per heavy atom. The third-order valence-corrected chi connectivity index (χ3v) is 2.28. The van der Waals surface area contributed by atoms with Crippen molar-refractivity contribution < 1.29 is 9.47 Å². The average molecular weight is 245 g/mol. The van der Waals surface area contributed by atoms with Gasteiger partial charge in [0.1, 0.15) is 12.1 Å². The Morgan fingerprint density at radius 1 is 1.17 bits per heavy atom. The molecule has 1 aromatic carbocycles. The summed E-state index contributed by atoms with van der Waals surface area (Å²) in [5.41, 5.74) is 0. The number of methoxy groups -OCH3 is 1. The molecule has 0 saturated heterocycles. The maximum Gasteiger partial charge on any atom is 0.268 e. The van der Waals surface area contributed by atoms with E-state index in [-0.39, 0.29) is 0 Å². The Balaban J connectivity index is 2.30. The molecule has 0 radical (unpaired) electrons. The molecule has 0 aliphatic rings. The average Bonchev–Trinajstić information content (AvgIpc) is 2.41. The number of rotatable bonds is 5. The highest BCUT2D eigenvalue weighted by Crippen LogP contribution is 2.33. The monoisotopic (exact) mass is 245 g/mol. The Labute approximate surface area is 106 Å². The summed E-state index contributed by atoms with van der Waals surface area (Å²) in [4.78, 5) is 8.20. The van der Waals surface area contributed by atoms with Crippen LogP contribution < -0.4 is 14.8 Å². The predicted molar refractivity (Wildman–Crippen MR) is 69.3 cm³/mol. The van der Waals surface area contributed by atoms with E-state index in [0.29, 0.717) is 23.2 Å². The molecule has 0 aliphatic heterocycles. The molecule has 1 heterocycles. The molecule has 0 atom stereocenters. The van der Waals surface area contributed by atoms with Gasteiger partial charge in [-0.05, 0) is 19.1 Å². The zero-order valence-corrected chi connectivity index (χ0v) is 10.4. The number of anilines is 1. The molecular weight excluding hydrogens is 230 g/mol. The van der Waals surface area contributed by atoms with Crippen LogP contribution in [0.4, 0.5) is 5.82 Å². The summed E-state index contributed by atoms with van der Waals surface area (Å²) in [5.74, 6) is 2.23. The van der Waals surface area contributed by atoms with Gasteiger partial charge in [0, 0.05) is 6.54 Å². The van der Waals surface area contributed by atoms with E-state index >= 15 is 0 Å². The van der Waals surface area contributed by atoms with Crippen LogP contribution in [0.3, 0.4) is 0 Å². The van der Waals surface area contributed by atoms with Gasteiger partial charge < -0.3 is 14.8 Å². The van der Waals surface area contributed by atoms with Gasteiger partial charge in [-0.1, -0.05) is 18.2 Å². The second kappa shape index (κ2) is 5.86. The lowest BCUT2D eigenvalue weighted by Crippen LogP contribution is -2.04. The molecule has 0 unspecified atom stereocenters. The lowest BCUT2D eigenvalue weighted by molar-refractivity contribution is 0.369. The molecule has 0 saturated carbocycles. The SMILES string of the molecule is CCNc1ncnc(Oc2ccccc2)c1OC. The second-order valence-electron chi connectivity index (χ2n) is 3.51. The third kappa shape index (κ3) is 2.68. The molecule has 0 amide bonds. The Kier molecular flexibility index (Phi) is 3.96. The van der Waals surface area contributed by atoms with E-state index in [4.69, 9.17) is 9.47 Å². The van der Waals surface area contributed by atoms with Crippen LogP contribution in [0.15, 0.2) is 36.7 Å². The lowest BCUT2D eigenvalue weighted by atomic mass is 10.3. The van der Waals surface area contributed by atoms with Crippen LogP contribution >= 0.6 is 0 Å². The molecule has 2 rings (SSSR count). The summed E-state index contributed by atoms with van der Waals surface area (Å²) >= 11 is 0. The van der Waals surface area contributed by atoms with E-state index in [9.17, 15) is 0 Å². The largest absolute Gasteiger partial charge is 0.489 e. The summed E-state index contributed by atoms with van der Waals surface area (Å²) in [6, 6.07) is 9.43. The van der Waals surface area contributed by atoms with Gasteiger partial charge in [-0.2, -0.15) is 4.98 Å².